The maximum Gasteiger partial charge on any atom is 0.239 e. The van der Waals surface area contributed by atoms with Crippen molar-refractivity contribution in [1.29, 1.82) is 0 Å². The van der Waals surface area contributed by atoms with E-state index in [2.05, 4.69) is 10.6 Å². The second-order valence-corrected chi connectivity index (χ2v) is 7.02. The molecule has 0 radical (unpaired) electrons. The zero-order valence-corrected chi connectivity index (χ0v) is 13.1. The monoisotopic (exact) mass is 283 g/mol. The average molecular weight is 283 g/mol. The third-order valence-corrected chi connectivity index (χ3v) is 3.84. The fourth-order valence-corrected chi connectivity index (χ4v) is 2.80. The number of nitrogens with two attached hydrogens (primary N) is 1. The van der Waals surface area contributed by atoms with E-state index in [1.807, 2.05) is 20.8 Å². The van der Waals surface area contributed by atoms with Gasteiger partial charge in [0.05, 0.1) is 6.54 Å². The first-order chi connectivity index (χ1) is 9.26. The molecule has 116 valence electrons. The predicted molar refractivity (Wildman–Crippen MR) is 80.1 cm³/mol. The lowest BCUT2D eigenvalue weighted by Crippen LogP contribution is -2.47. The van der Waals surface area contributed by atoms with Crippen molar-refractivity contribution >= 4 is 11.8 Å². The standard InChI is InChI=1S/C15H29N3O2/c1-14(2,3)18-13(20)10-17-12(19)9-15(11-16)7-5-4-6-8-15/h4-11,16H2,1-3H3,(H,17,19)(H,18,20). The zero-order valence-electron chi connectivity index (χ0n) is 13.1. The Bertz CT molecular complexity index is 342. The summed E-state index contributed by atoms with van der Waals surface area (Å²) in [5.74, 6) is -0.224. The fourth-order valence-electron chi connectivity index (χ4n) is 2.80. The Balaban J connectivity index is 2.37. The highest BCUT2D eigenvalue weighted by Gasteiger charge is 2.33. The minimum atomic E-state index is -0.274. The van der Waals surface area contributed by atoms with E-state index in [0.29, 0.717) is 13.0 Å². The summed E-state index contributed by atoms with van der Waals surface area (Å²) in [4.78, 5) is 23.7. The smallest absolute Gasteiger partial charge is 0.239 e. The van der Waals surface area contributed by atoms with Crippen LogP contribution in [0.5, 0.6) is 0 Å². The molecule has 0 aromatic rings. The summed E-state index contributed by atoms with van der Waals surface area (Å²) in [5, 5.41) is 5.53. The Hall–Kier alpha value is -1.10. The molecule has 0 atom stereocenters. The molecule has 2 amide bonds. The Labute approximate surface area is 122 Å². The molecule has 0 heterocycles. The normalized spacial score (nSPS) is 18.4. The molecule has 0 aromatic heterocycles. The van der Waals surface area contributed by atoms with Crippen LogP contribution in [0.15, 0.2) is 0 Å². The highest BCUT2D eigenvalue weighted by molar-refractivity contribution is 5.85. The highest BCUT2D eigenvalue weighted by Crippen LogP contribution is 2.38. The summed E-state index contributed by atoms with van der Waals surface area (Å²) >= 11 is 0. The molecule has 1 rings (SSSR count). The van der Waals surface area contributed by atoms with Crippen LogP contribution in [0.25, 0.3) is 0 Å². The van der Waals surface area contributed by atoms with E-state index in [9.17, 15) is 9.59 Å². The van der Waals surface area contributed by atoms with Gasteiger partial charge in [0.25, 0.3) is 0 Å². The lowest BCUT2D eigenvalue weighted by atomic mass is 9.71. The number of carbonyl (C=O) groups is 2. The molecule has 4 N–H and O–H groups in total. The van der Waals surface area contributed by atoms with Crippen LogP contribution in [-0.2, 0) is 9.59 Å². The van der Waals surface area contributed by atoms with E-state index >= 15 is 0 Å². The van der Waals surface area contributed by atoms with Gasteiger partial charge in [-0.1, -0.05) is 19.3 Å². The van der Waals surface area contributed by atoms with Crippen molar-refractivity contribution in [1.82, 2.24) is 10.6 Å². The number of amides is 2. The molecule has 20 heavy (non-hydrogen) atoms. The molecule has 5 heteroatoms. The van der Waals surface area contributed by atoms with Gasteiger partial charge in [0.2, 0.25) is 11.8 Å². The van der Waals surface area contributed by atoms with Crippen molar-refractivity contribution in [2.75, 3.05) is 13.1 Å². The first-order valence-corrected chi connectivity index (χ1v) is 7.54. The van der Waals surface area contributed by atoms with Crippen LogP contribution < -0.4 is 16.4 Å². The number of hydrogen-bond donors (Lipinski definition) is 3. The topological polar surface area (TPSA) is 84.2 Å². The summed E-state index contributed by atoms with van der Waals surface area (Å²) in [6.07, 6.45) is 6.00. The predicted octanol–water partition coefficient (Wildman–Crippen LogP) is 1.32. The Morgan fingerprint density at radius 2 is 1.70 bits per heavy atom. The average Bonchev–Trinajstić information content (AvgIpc) is 2.35. The van der Waals surface area contributed by atoms with E-state index < -0.39 is 0 Å². The molecular weight excluding hydrogens is 254 g/mol. The molecule has 0 spiro atoms. The van der Waals surface area contributed by atoms with E-state index in [0.717, 1.165) is 25.7 Å². The molecular formula is C15H29N3O2. The van der Waals surface area contributed by atoms with Crippen molar-refractivity contribution in [3.63, 3.8) is 0 Å². The highest BCUT2D eigenvalue weighted by atomic mass is 16.2. The quantitative estimate of drug-likeness (QED) is 0.711. The second kappa shape index (κ2) is 7.07. The largest absolute Gasteiger partial charge is 0.350 e. The van der Waals surface area contributed by atoms with Crippen molar-refractivity contribution in [2.45, 2.75) is 64.8 Å². The van der Waals surface area contributed by atoms with E-state index in [1.165, 1.54) is 6.42 Å². The molecule has 5 nitrogen and oxygen atoms in total. The molecule has 0 unspecified atom stereocenters. The van der Waals surface area contributed by atoms with Gasteiger partial charge in [-0.05, 0) is 45.6 Å². The van der Waals surface area contributed by atoms with Crippen LogP contribution in [0.4, 0.5) is 0 Å². The SMILES string of the molecule is CC(C)(C)NC(=O)CNC(=O)CC1(CN)CCCCC1. The van der Waals surface area contributed by atoms with Gasteiger partial charge in [-0.2, -0.15) is 0 Å². The van der Waals surface area contributed by atoms with Crippen LogP contribution in [0.2, 0.25) is 0 Å². The van der Waals surface area contributed by atoms with Gasteiger partial charge in [-0.15, -0.1) is 0 Å². The first-order valence-electron chi connectivity index (χ1n) is 7.54. The second-order valence-electron chi connectivity index (χ2n) is 7.02. The molecule has 1 aliphatic carbocycles. The van der Waals surface area contributed by atoms with Crippen molar-refractivity contribution in [2.24, 2.45) is 11.1 Å². The van der Waals surface area contributed by atoms with Crippen LogP contribution >= 0.6 is 0 Å². The minimum Gasteiger partial charge on any atom is -0.350 e. The summed E-state index contributed by atoms with van der Waals surface area (Å²) < 4.78 is 0. The summed E-state index contributed by atoms with van der Waals surface area (Å²) in [5.41, 5.74) is 5.54. The third-order valence-electron chi connectivity index (χ3n) is 3.84. The summed E-state index contributed by atoms with van der Waals surface area (Å²) in [6.45, 7) is 6.33. The van der Waals surface area contributed by atoms with Gasteiger partial charge in [-0.25, -0.2) is 0 Å². The molecule has 1 fully saturated rings. The number of hydrogen-bond acceptors (Lipinski definition) is 3. The molecule has 1 saturated carbocycles. The molecule has 1 aliphatic rings. The Morgan fingerprint density at radius 1 is 1.10 bits per heavy atom. The zero-order chi connectivity index (χ0) is 15.2. The van der Waals surface area contributed by atoms with Crippen molar-refractivity contribution in [3.8, 4) is 0 Å². The maximum atomic E-state index is 12.0. The van der Waals surface area contributed by atoms with Gasteiger partial charge in [0.1, 0.15) is 0 Å². The maximum absolute atomic E-state index is 12.0. The van der Waals surface area contributed by atoms with Gasteiger partial charge >= 0.3 is 0 Å². The Morgan fingerprint density at radius 3 is 2.20 bits per heavy atom. The lowest BCUT2D eigenvalue weighted by molar-refractivity contribution is -0.128. The van der Waals surface area contributed by atoms with Crippen LogP contribution in [0.3, 0.4) is 0 Å². The number of carbonyl (C=O) groups excluding carboxylic acids is 2. The molecule has 0 saturated heterocycles. The first kappa shape index (κ1) is 17.0. The molecule has 0 aromatic carbocycles. The van der Waals surface area contributed by atoms with Gasteiger partial charge in [0, 0.05) is 12.0 Å². The lowest BCUT2D eigenvalue weighted by Gasteiger charge is -2.35. The van der Waals surface area contributed by atoms with E-state index in [-0.39, 0.29) is 29.3 Å². The molecule has 0 bridgehead atoms. The third kappa shape index (κ3) is 5.90. The van der Waals surface area contributed by atoms with Crippen molar-refractivity contribution in [3.05, 3.63) is 0 Å². The number of nitrogens with one attached hydrogen (secondary N) is 2. The molecule has 0 aliphatic heterocycles. The van der Waals surface area contributed by atoms with Crippen LogP contribution in [0, 0.1) is 5.41 Å². The Kier molecular flexibility index (Phi) is 5.99. The van der Waals surface area contributed by atoms with Gasteiger partial charge in [0.15, 0.2) is 0 Å². The minimum absolute atomic E-state index is 0.0384. The summed E-state index contributed by atoms with van der Waals surface area (Å²) in [7, 11) is 0. The number of rotatable bonds is 5. The fraction of sp³-hybridized carbons (Fsp3) is 0.867. The van der Waals surface area contributed by atoms with E-state index in [1.54, 1.807) is 0 Å². The summed E-state index contributed by atoms with van der Waals surface area (Å²) in [6, 6.07) is 0. The van der Waals surface area contributed by atoms with Crippen LogP contribution in [-0.4, -0.2) is 30.4 Å². The van der Waals surface area contributed by atoms with Crippen LogP contribution in [0.1, 0.15) is 59.3 Å². The van der Waals surface area contributed by atoms with Gasteiger partial charge in [-0.3, -0.25) is 9.59 Å². The van der Waals surface area contributed by atoms with E-state index in [4.69, 9.17) is 5.73 Å². The van der Waals surface area contributed by atoms with Crippen molar-refractivity contribution < 1.29 is 9.59 Å². The van der Waals surface area contributed by atoms with Gasteiger partial charge < -0.3 is 16.4 Å².